The monoisotopic (exact) mass is 613 g/mol. The van der Waals surface area contributed by atoms with E-state index in [-0.39, 0.29) is 20.9 Å². The number of hydrogen-bond acceptors (Lipinski definition) is 9. The van der Waals surface area contributed by atoms with E-state index >= 15 is 0 Å². The number of fused-ring (bicyclic) bond motifs is 1. The summed E-state index contributed by atoms with van der Waals surface area (Å²) in [6.07, 6.45) is -3.24. The number of alkyl halides is 3. The zero-order chi connectivity index (χ0) is 27.4. The zero-order valence-corrected chi connectivity index (χ0v) is 21.9. The van der Waals surface area contributed by atoms with E-state index < -0.39 is 38.2 Å². The van der Waals surface area contributed by atoms with Gasteiger partial charge >= 0.3 is 6.18 Å². The summed E-state index contributed by atoms with van der Waals surface area (Å²) in [6, 6.07) is 6.04. The van der Waals surface area contributed by atoms with E-state index in [9.17, 15) is 38.2 Å². The first-order valence-electron chi connectivity index (χ1n) is 11.5. The Kier molecular flexibility index (Phi) is 6.64. The van der Waals surface area contributed by atoms with Crippen molar-refractivity contribution < 1.29 is 23.0 Å². The van der Waals surface area contributed by atoms with Gasteiger partial charge in [0.05, 0.1) is 25.3 Å². The molecule has 3 aromatic rings. The number of likely N-dealkylation sites (tertiary alicyclic amines) is 1. The van der Waals surface area contributed by atoms with Crippen LogP contribution in [0.1, 0.15) is 24.0 Å². The number of halogens is 4. The van der Waals surface area contributed by atoms with Crippen LogP contribution in [-0.2, 0) is 12.7 Å². The maximum atomic E-state index is 13.2. The van der Waals surface area contributed by atoms with Gasteiger partial charge in [-0.3, -0.25) is 29.9 Å². The molecule has 10 nitrogen and oxygen atoms in total. The predicted molar refractivity (Wildman–Crippen MR) is 137 cm³/mol. The van der Waals surface area contributed by atoms with E-state index in [0.29, 0.717) is 36.2 Å². The SMILES string of the molecule is O=c1nc(N2CCC3(CC2)CN(Cc2ccc([N+](=O)[O-])c(Br)c2)C3)sc2c([N+](=O)[O-])cc(C(F)(F)F)cc12. The Hall–Kier alpha value is -3.17. The van der Waals surface area contributed by atoms with Gasteiger partial charge in [-0.25, -0.2) is 0 Å². The molecular formula is C23H19BrF3N5O5S. The van der Waals surface area contributed by atoms with Crippen LogP contribution in [0, 0.1) is 25.6 Å². The van der Waals surface area contributed by atoms with Crippen LogP contribution < -0.4 is 10.5 Å². The smallest absolute Gasteiger partial charge is 0.348 e. The van der Waals surface area contributed by atoms with Crippen LogP contribution in [0.4, 0.5) is 29.7 Å². The Morgan fingerprint density at radius 1 is 1.05 bits per heavy atom. The summed E-state index contributed by atoms with van der Waals surface area (Å²) in [5.41, 5.74) is -1.91. The second kappa shape index (κ2) is 9.54. The zero-order valence-electron chi connectivity index (χ0n) is 19.5. The summed E-state index contributed by atoms with van der Waals surface area (Å²) >= 11 is 4.10. The highest BCUT2D eigenvalue weighted by atomic mass is 79.9. The standard InChI is InChI=1S/C23H19BrF3N5O5S/c24-16-7-13(1-2-17(16)31(34)35)10-29-11-22(12-29)3-5-30(6-4-22)21-28-20(33)15-8-14(23(25,26)27)9-18(32(36)37)19(15)38-21/h1-2,7-9H,3-6,10-12H2. The van der Waals surface area contributed by atoms with Gasteiger partial charge in [-0.1, -0.05) is 17.4 Å². The van der Waals surface area contributed by atoms with E-state index in [1.54, 1.807) is 12.1 Å². The molecule has 2 aliphatic heterocycles. The van der Waals surface area contributed by atoms with E-state index in [2.05, 4.69) is 25.8 Å². The number of nitro benzene ring substituents is 2. The van der Waals surface area contributed by atoms with Gasteiger partial charge in [0, 0.05) is 44.9 Å². The molecule has 5 rings (SSSR count). The Balaban J connectivity index is 1.28. The third-order valence-electron chi connectivity index (χ3n) is 7.04. The lowest BCUT2D eigenvalue weighted by molar-refractivity contribution is -0.385. The average Bonchev–Trinajstić information content (AvgIpc) is 2.82. The number of rotatable bonds is 5. The van der Waals surface area contributed by atoms with Crippen molar-refractivity contribution in [3.63, 3.8) is 0 Å². The fourth-order valence-corrected chi connectivity index (χ4v) is 6.82. The molecule has 15 heteroatoms. The lowest BCUT2D eigenvalue weighted by Crippen LogP contribution is -2.59. The molecule has 0 atom stereocenters. The van der Waals surface area contributed by atoms with Crippen LogP contribution in [0.15, 0.2) is 39.6 Å². The van der Waals surface area contributed by atoms with Crippen molar-refractivity contribution in [2.45, 2.75) is 25.6 Å². The van der Waals surface area contributed by atoms with Crippen molar-refractivity contribution in [3.05, 3.63) is 76.5 Å². The number of anilines is 1. The molecule has 0 bridgehead atoms. The van der Waals surface area contributed by atoms with Crippen molar-refractivity contribution in [1.29, 1.82) is 0 Å². The van der Waals surface area contributed by atoms with Gasteiger partial charge in [0.1, 0.15) is 4.70 Å². The number of benzene rings is 2. The van der Waals surface area contributed by atoms with E-state index in [0.717, 1.165) is 42.8 Å². The van der Waals surface area contributed by atoms with Crippen molar-refractivity contribution in [2.24, 2.45) is 5.41 Å². The number of nitrogens with zero attached hydrogens (tertiary/aromatic N) is 5. The van der Waals surface area contributed by atoms with Crippen LogP contribution in [0.2, 0.25) is 0 Å². The van der Waals surface area contributed by atoms with Crippen molar-refractivity contribution in [1.82, 2.24) is 9.88 Å². The molecule has 200 valence electrons. The minimum atomic E-state index is -4.83. The molecule has 0 saturated carbocycles. The molecule has 0 unspecified atom stereocenters. The molecule has 1 aromatic heterocycles. The molecule has 1 spiro atoms. The molecule has 3 heterocycles. The maximum Gasteiger partial charge on any atom is 0.416 e. The predicted octanol–water partition coefficient (Wildman–Crippen LogP) is 5.36. The summed E-state index contributed by atoms with van der Waals surface area (Å²) in [7, 11) is 0. The van der Waals surface area contributed by atoms with Crippen LogP contribution in [0.25, 0.3) is 10.1 Å². The van der Waals surface area contributed by atoms with Gasteiger partial charge < -0.3 is 4.90 Å². The molecule has 0 aliphatic carbocycles. The second-order valence-corrected chi connectivity index (χ2v) is 11.4. The minimum Gasteiger partial charge on any atom is -0.348 e. The first-order chi connectivity index (χ1) is 17.8. The highest BCUT2D eigenvalue weighted by Gasteiger charge is 2.45. The lowest BCUT2D eigenvalue weighted by Gasteiger charge is -2.54. The molecule has 0 amide bonds. The maximum absolute atomic E-state index is 13.2. The Labute approximate surface area is 225 Å². The lowest BCUT2D eigenvalue weighted by atomic mass is 9.72. The van der Waals surface area contributed by atoms with E-state index in [4.69, 9.17) is 0 Å². The van der Waals surface area contributed by atoms with Crippen molar-refractivity contribution in [2.75, 3.05) is 31.1 Å². The fraction of sp³-hybridized carbons (Fsp3) is 0.391. The first-order valence-corrected chi connectivity index (χ1v) is 13.1. The van der Waals surface area contributed by atoms with Gasteiger partial charge in [0.15, 0.2) is 5.13 Å². The molecule has 2 aliphatic rings. The first kappa shape index (κ1) is 26.4. The molecule has 2 fully saturated rings. The highest BCUT2D eigenvalue weighted by molar-refractivity contribution is 9.10. The van der Waals surface area contributed by atoms with E-state index in [1.807, 2.05) is 4.90 Å². The van der Waals surface area contributed by atoms with Gasteiger partial charge in [-0.05, 0) is 51.9 Å². The Morgan fingerprint density at radius 3 is 2.29 bits per heavy atom. The van der Waals surface area contributed by atoms with Crippen LogP contribution in [0.3, 0.4) is 0 Å². The third-order valence-corrected chi connectivity index (χ3v) is 8.84. The normalized spacial score (nSPS) is 17.5. The molecule has 38 heavy (non-hydrogen) atoms. The van der Waals surface area contributed by atoms with Gasteiger partial charge in [0.25, 0.3) is 16.9 Å². The Bertz CT molecular complexity index is 1520. The number of non-ortho nitro benzene ring substituents is 1. The number of hydrogen-bond donors (Lipinski definition) is 0. The second-order valence-electron chi connectivity index (χ2n) is 9.60. The number of nitro groups is 2. The fourth-order valence-electron chi connectivity index (χ4n) is 5.13. The summed E-state index contributed by atoms with van der Waals surface area (Å²) in [6.45, 7) is 3.43. The van der Waals surface area contributed by atoms with Crippen LogP contribution in [-0.4, -0.2) is 45.9 Å². The molecule has 0 radical (unpaired) electrons. The van der Waals surface area contributed by atoms with E-state index in [1.165, 1.54) is 6.07 Å². The largest absolute Gasteiger partial charge is 0.416 e. The Morgan fingerprint density at radius 2 is 1.71 bits per heavy atom. The third kappa shape index (κ3) is 4.97. The summed E-state index contributed by atoms with van der Waals surface area (Å²) < 4.78 is 39.9. The molecule has 2 saturated heterocycles. The van der Waals surface area contributed by atoms with Gasteiger partial charge in [-0.15, -0.1) is 0 Å². The molecule has 2 aromatic carbocycles. The average molecular weight is 614 g/mol. The van der Waals surface area contributed by atoms with Crippen molar-refractivity contribution in [3.8, 4) is 0 Å². The minimum absolute atomic E-state index is 0.0110. The highest BCUT2D eigenvalue weighted by Crippen LogP contribution is 2.44. The number of aromatic nitrogens is 1. The van der Waals surface area contributed by atoms with Gasteiger partial charge in [-0.2, -0.15) is 18.2 Å². The summed E-state index contributed by atoms with van der Waals surface area (Å²) in [4.78, 5) is 41.9. The number of piperidine rings is 1. The van der Waals surface area contributed by atoms with Crippen LogP contribution >= 0.6 is 27.3 Å². The van der Waals surface area contributed by atoms with Crippen molar-refractivity contribution >= 4 is 53.9 Å². The molecular weight excluding hydrogens is 595 g/mol. The molecule has 0 N–H and O–H groups in total. The summed E-state index contributed by atoms with van der Waals surface area (Å²) in [5.74, 6) is 0. The quantitative estimate of drug-likeness (QED) is 0.278. The summed E-state index contributed by atoms with van der Waals surface area (Å²) in [5, 5.41) is 22.4. The topological polar surface area (TPSA) is 123 Å². The van der Waals surface area contributed by atoms with Gasteiger partial charge in [0.2, 0.25) is 0 Å². The van der Waals surface area contributed by atoms with Crippen LogP contribution in [0.5, 0.6) is 0 Å².